The van der Waals surface area contributed by atoms with Gasteiger partial charge >= 0.3 is 5.97 Å². The average Bonchev–Trinajstić information content (AvgIpc) is 2.91. The summed E-state index contributed by atoms with van der Waals surface area (Å²) in [6.07, 6.45) is 3.51. The molecule has 2 rings (SSSR count). The Bertz CT molecular complexity index is 423. The van der Waals surface area contributed by atoms with Crippen molar-refractivity contribution in [2.24, 2.45) is 5.92 Å². The number of carbonyl (C=O) groups excluding carboxylic acids is 1. The van der Waals surface area contributed by atoms with Gasteiger partial charge in [0, 0.05) is 13.6 Å². The first-order valence-electron chi connectivity index (χ1n) is 5.11. The predicted molar refractivity (Wildman–Crippen MR) is 55.2 cm³/mol. The molecular formula is C10H13N3O3. The van der Waals surface area contributed by atoms with E-state index in [-0.39, 0.29) is 17.3 Å². The molecular weight excluding hydrogens is 210 g/mol. The smallest absolute Gasteiger partial charge is 0.354 e. The quantitative estimate of drug-likeness (QED) is 0.782. The highest BCUT2D eigenvalue weighted by atomic mass is 16.4. The zero-order chi connectivity index (χ0) is 11.7. The molecule has 0 radical (unpaired) electrons. The van der Waals surface area contributed by atoms with E-state index in [1.54, 1.807) is 7.05 Å². The van der Waals surface area contributed by atoms with Crippen LogP contribution in [0.15, 0.2) is 6.33 Å². The van der Waals surface area contributed by atoms with Crippen molar-refractivity contribution in [1.82, 2.24) is 14.9 Å². The van der Waals surface area contributed by atoms with Gasteiger partial charge in [-0.15, -0.1) is 0 Å². The second kappa shape index (κ2) is 3.96. The number of carboxylic acids is 1. The number of H-pyrrole nitrogens is 1. The zero-order valence-electron chi connectivity index (χ0n) is 8.93. The Kier molecular flexibility index (Phi) is 2.64. The summed E-state index contributed by atoms with van der Waals surface area (Å²) in [7, 11) is 1.67. The van der Waals surface area contributed by atoms with E-state index in [0.717, 1.165) is 12.8 Å². The van der Waals surface area contributed by atoms with Crippen molar-refractivity contribution in [3.05, 3.63) is 17.7 Å². The number of hydrogen-bond acceptors (Lipinski definition) is 3. The van der Waals surface area contributed by atoms with Crippen molar-refractivity contribution in [3.63, 3.8) is 0 Å². The summed E-state index contributed by atoms with van der Waals surface area (Å²) >= 11 is 0. The molecule has 1 saturated carbocycles. The van der Waals surface area contributed by atoms with E-state index in [1.807, 2.05) is 0 Å². The van der Waals surface area contributed by atoms with Gasteiger partial charge in [-0.25, -0.2) is 9.78 Å². The van der Waals surface area contributed by atoms with Crippen LogP contribution in [0.2, 0.25) is 0 Å². The minimum absolute atomic E-state index is 0.0179. The molecule has 0 atom stereocenters. The number of carbonyl (C=O) groups is 2. The summed E-state index contributed by atoms with van der Waals surface area (Å²) in [6.45, 7) is 0.671. The van der Waals surface area contributed by atoms with Crippen molar-refractivity contribution >= 4 is 11.9 Å². The first-order chi connectivity index (χ1) is 7.59. The highest BCUT2D eigenvalue weighted by molar-refractivity contribution is 6.02. The number of rotatable bonds is 4. The molecule has 1 aromatic rings. The fraction of sp³-hybridized carbons (Fsp3) is 0.500. The van der Waals surface area contributed by atoms with Crippen molar-refractivity contribution < 1.29 is 14.7 Å². The van der Waals surface area contributed by atoms with E-state index in [9.17, 15) is 9.59 Å². The van der Waals surface area contributed by atoms with Crippen molar-refractivity contribution in [1.29, 1.82) is 0 Å². The molecule has 1 amide bonds. The van der Waals surface area contributed by atoms with Crippen molar-refractivity contribution in [2.45, 2.75) is 12.8 Å². The van der Waals surface area contributed by atoms with Gasteiger partial charge in [0.05, 0.1) is 6.33 Å². The Morgan fingerprint density at radius 2 is 2.31 bits per heavy atom. The van der Waals surface area contributed by atoms with E-state index in [4.69, 9.17) is 5.11 Å². The Morgan fingerprint density at radius 3 is 2.88 bits per heavy atom. The molecule has 0 aromatic carbocycles. The lowest BCUT2D eigenvalue weighted by atomic mass is 10.2. The van der Waals surface area contributed by atoms with Gasteiger partial charge in [0.1, 0.15) is 0 Å². The Labute approximate surface area is 92.3 Å². The molecule has 0 aliphatic heterocycles. The normalized spacial score (nSPS) is 14.8. The SMILES string of the molecule is CN(CC1CC1)C(=O)c1nc[nH]c1C(=O)O. The average molecular weight is 223 g/mol. The summed E-state index contributed by atoms with van der Waals surface area (Å²) < 4.78 is 0. The molecule has 6 heteroatoms. The number of aromatic carboxylic acids is 1. The first-order valence-corrected chi connectivity index (χ1v) is 5.11. The zero-order valence-corrected chi connectivity index (χ0v) is 8.93. The van der Waals surface area contributed by atoms with E-state index in [0.29, 0.717) is 12.5 Å². The van der Waals surface area contributed by atoms with Crippen LogP contribution in [-0.2, 0) is 0 Å². The summed E-state index contributed by atoms with van der Waals surface area (Å²) in [4.78, 5) is 30.4. The predicted octanol–water partition coefficient (Wildman–Crippen LogP) is 0.590. The van der Waals surface area contributed by atoms with Crippen LogP contribution in [-0.4, -0.2) is 45.4 Å². The third-order valence-electron chi connectivity index (χ3n) is 2.63. The topological polar surface area (TPSA) is 86.3 Å². The van der Waals surface area contributed by atoms with Gasteiger partial charge in [-0.05, 0) is 18.8 Å². The monoisotopic (exact) mass is 223 g/mol. The van der Waals surface area contributed by atoms with E-state index < -0.39 is 5.97 Å². The number of imidazole rings is 1. The molecule has 1 aliphatic rings. The van der Waals surface area contributed by atoms with Crippen LogP contribution in [0, 0.1) is 5.92 Å². The van der Waals surface area contributed by atoms with Gasteiger partial charge in [0.25, 0.3) is 5.91 Å². The lowest BCUT2D eigenvalue weighted by molar-refractivity contribution is 0.0674. The van der Waals surface area contributed by atoms with Crippen LogP contribution in [0.5, 0.6) is 0 Å². The van der Waals surface area contributed by atoms with Crippen LogP contribution in [0.3, 0.4) is 0 Å². The molecule has 1 aromatic heterocycles. The Morgan fingerprint density at radius 1 is 1.62 bits per heavy atom. The van der Waals surface area contributed by atoms with Gasteiger partial charge in [-0.1, -0.05) is 0 Å². The number of hydrogen-bond donors (Lipinski definition) is 2. The van der Waals surface area contributed by atoms with E-state index in [1.165, 1.54) is 11.2 Å². The maximum absolute atomic E-state index is 11.9. The van der Waals surface area contributed by atoms with Gasteiger partial charge in [-0.3, -0.25) is 4.79 Å². The minimum atomic E-state index is -1.17. The molecule has 0 unspecified atom stereocenters. The number of nitrogens with one attached hydrogen (secondary N) is 1. The van der Waals surface area contributed by atoms with Gasteiger partial charge in [0.2, 0.25) is 0 Å². The third-order valence-corrected chi connectivity index (χ3v) is 2.63. The summed E-state index contributed by atoms with van der Waals surface area (Å²) in [6, 6.07) is 0. The van der Waals surface area contributed by atoms with Gasteiger partial charge < -0.3 is 15.0 Å². The maximum atomic E-state index is 11.9. The summed E-state index contributed by atoms with van der Waals surface area (Å²) in [5, 5.41) is 8.84. The highest BCUT2D eigenvalue weighted by Crippen LogP contribution is 2.29. The highest BCUT2D eigenvalue weighted by Gasteiger charge is 2.28. The van der Waals surface area contributed by atoms with Crippen LogP contribution >= 0.6 is 0 Å². The second-order valence-corrected chi connectivity index (χ2v) is 4.06. The third kappa shape index (κ3) is 2.05. The molecule has 1 fully saturated rings. The number of carboxylic acid groups (broad SMARTS) is 1. The van der Waals surface area contributed by atoms with Crippen LogP contribution in [0.4, 0.5) is 0 Å². The van der Waals surface area contributed by atoms with Gasteiger partial charge in [-0.2, -0.15) is 0 Å². The molecule has 1 heterocycles. The summed E-state index contributed by atoms with van der Waals surface area (Å²) in [5.41, 5.74) is -0.164. The standard InChI is InChI=1S/C10H13N3O3/c1-13(4-6-2-3-6)9(14)7-8(10(15)16)12-5-11-7/h5-6H,2-4H2,1H3,(H,11,12)(H,15,16). The van der Waals surface area contributed by atoms with Crippen LogP contribution in [0.1, 0.15) is 33.8 Å². The minimum Gasteiger partial charge on any atom is -0.477 e. The Hall–Kier alpha value is -1.85. The lowest BCUT2D eigenvalue weighted by Crippen LogP contribution is -2.30. The largest absolute Gasteiger partial charge is 0.477 e. The van der Waals surface area contributed by atoms with Crippen molar-refractivity contribution in [3.8, 4) is 0 Å². The number of aromatic nitrogens is 2. The number of aromatic amines is 1. The molecule has 86 valence electrons. The van der Waals surface area contributed by atoms with Gasteiger partial charge in [0.15, 0.2) is 11.4 Å². The molecule has 0 bridgehead atoms. The maximum Gasteiger partial charge on any atom is 0.354 e. The fourth-order valence-corrected chi connectivity index (χ4v) is 1.57. The Balaban J connectivity index is 2.12. The van der Waals surface area contributed by atoms with Crippen molar-refractivity contribution in [2.75, 3.05) is 13.6 Å². The molecule has 16 heavy (non-hydrogen) atoms. The molecule has 6 nitrogen and oxygen atoms in total. The fourth-order valence-electron chi connectivity index (χ4n) is 1.57. The molecule has 0 spiro atoms. The molecule has 0 saturated heterocycles. The van der Waals surface area contributed by atoms with Crippen LogP contribution in [0.25, 0.3) is 0 Å². The lowest BCUT2D eigenvalue weighted by Gasteiger charge is -2.15. The van der Waals surface area contributed by atoms with E-state index in [2.05, 4.69) is 9.97 Å². The molecule has 1 aliphatic carbocycles. The molecule has 2 N–H and O–H groups in total. The van der Waals surface area contributed by atoms with Crippen LogP contribution < -0.4 is 0 Å². The number of nitrogens with zero attached hydrogens (tertiary/aromatic N) is 2. The second-order valence-electron chi connectivity index (χ2n) is 4.06. The van der Waals surface area contributed by atoms with E-state index >= 15 is 0 Å². The first kappa shape index (κ1) is 10.7. The number of amides is 1. The summed E-state index contributed by atoms with van der Waals surface area (Å²) in [5.74, 6) is -0.938.